The van der Waals surface area contributed by atoms with Gasteiger partial charge in [0.25, 0.3) is 5.69 Å². The van der Waals surface area contributed by atoms with Crippen LogP contribution in [0.5, 0.6) is 0 Å². The number of non-ortho nitro benzene ring substituents is 1. The van der Waals surface area contributed by atoms with Crippen molar-refractivity contribution in [2.24, 2.45) is 0 Å². The highest BCUT2D eigenvalue weighted by molar-refractivity contribution is 8.00. The first-order valence-electron chi connectivity index (χ1n) is 9.60. The third-order valence-electron chi connectivity index (χ3n) is 4.86. The molecule has 1 aliphatic heterocycles. The number of fused-ring (bicyclic) bond motifs is 1. The second kappa shape index (κ2) is 9.38. The molecule has 2 N–H and O–H groups in total. The van der Waals surface area contributed by atoms with Crippen LogP contribution < -0.4 is 10.2 Å². The van der Waals surface area contributed by atoms with E-state index in [0.29, 0.717) is 5.13 Å². The zero-order chi connectivity index (χ0) is 20.9. The minimum atomic E-state index is -0.436. The van der Waals surface area contributed by atoms with Crippen LogP contribution in [0.4, 0.5) is 10.8 Å². The SMILES string of the molecule is O=C(CSc1ccc([N+](=O)[O-])cc1)Nc1nc2c(s1)C[NH+](Cc1ccccc1)CC2. The lowest BCUT2D eigenvalue weighted by Gasteiger charge is -2.22. The molecule has 2 heterocycles. The molecular weight excluding hydrogens is 420 g/mol. The normalized spacial score (nSPS) is 15.4. The third-order valence-corrected chi connectivity index (χ3v) is 6.89. The maximum Gasteiger partial charge on any atom is 0.269 e. The molecule has 1 aliphatic rings. The molecule has 0 fully saturated rings. The van der Waals surface area contributed by atoms with Gasteiger partial charge in [-0.2, -0.15) is 0 Å². The summed E-state index contributed by atoms with van der Waals surface area (Å²) in [6, 6.07) is 16.7. The van der Waals surface area contributed by atoms with Crippen molar-refractivity contribution in [3.05, 3.63) is 80.8 Å². The van der Waals surface area contributed by atoms with Crippen molar-refractivity contribution in [3.8, 4) is 0 Å². The summed E-state index contributed by atoms with van der Waals surface area (Å²) in [7, 11) is 0. The average molecular weight is 442 g/mol. The number of rotatable bonds is 7. The molecular formula is C21H21N4O3S2+. The summed E-state index contributed by atoms with van der Waals surface area (Å²) in [4.78, 5) is 30.7. The molecule has 0 aliphatic carbocycles. The lowest BCUT2D eigenvalue weighted by molar-refractivity contribution is -0.929. The highest BCUT2D eigenvalue weighted by Crippen LogP contribution is 2.25. The molecule has 3 aromatic rings. The monoisotopic (exact) mass is 441 g/mol. The standard InChI is InChI=1S/C21H20N4O3S2/c26-20(14-29-17-8-6-16(7-9-17)25(27)28)23-21-22-18-10-11-24(13-19(18)30-21)12-15-4-2-1-3-5-15/h1-9H,10-14H2,(H,22,23,26)/p+1. The summed E-state index contributed by atoms with van der Waals surface area (Å²) in [6.45, 7) is 2.95. The Morgan fingerprint density at radius 3 is 2.70 bits per heavy atom. The summed E-state index contributed by atoms with van der Waals surface area (Å²) in [5.74, 6) is 0.103. The number of amides is 1. The first-order valence-corrected chi connectivity index (χ1v) is 11.4. The van der Waals surface area contributed by atoms with Crippen LogP contribution >= 0.6 is 23.1 Å². The molecule has 9 heteroatoms. The van der Waals surface area contributed by atoms with Crippen LogP contribution in [0.25, 0.3) is 0 Å². The van der Waals surface area contributed by atoms with Crippen molar-refractivity contribution < 1.29 is 14.6 Å². The zero-order valence-corrected chi connectivity index (χ0v) is 17.8. The molecule has 0 radical (unpaired) electrons. The van der Waals surface area contributed by atoms with Gasteiger partial charge in [0.15, 0.2) is 5.13 Å². The first kappa shape index (κ1) is 20.5. The van der Waals surface area contributed by atoms with E-state index in [1.807, 2.05) is 6.07 Å². The molecule has 1 amide bonds. The van der Waals surface area contributed by atoms with Crippen molar-refractivity contribution in [1.29, 1.82) is 0 Å². The number of nitro benzene ring substituents is 1. The molecule has 0 saturated heterocycles. The Labute approximate surface area is 182 Å². The topological polar surface area (TPSA) is 89.6 Å². The van der Waals surface area contributed by atoms with E-state index in [0.717, 1.165) is 36.6 Å². The lowest BCUT2D eigenvalue weighted by atomic mass is 10.1. The van der Waals surface area contributed by atoms with Crippen LogP contribution in [-0.4, -0.2) is 28.1 Å². The minimum Gasteiger partial charge on any atom is -0.326 e. The van der Waals surface area contributed by atoms with Gasteiger partial charge in [-0.05, 0) is 12.1 Å². The molecule has 7 nitrogen and oxygen atoms in total. The molecule has 4 rings (SSSR count). The van der Waals surface area contributed by atoms with Gasteiger partial charge in [0.2, 0.25) is 5.91 Å². The van der Waals surface area contributed by atoms with Gasteiger partial charge in [0.1, 0.15) is 13.1 Å². The number of aromatic nitrogens is 1. The predicted octanol–water partition coefficient (Wildman–Crippen LogP) is 2.92. The van der Waals surface area contributed by atoms with Crippen LogP contribution in [0.3, 0.4) is 0 Å². The molecule has 0 bridgehead atoms. The van der Waals surface area contributed by atoms with Crippen LogP contribution in [0.1, 0.15) is 16.1 Å². The second-order valence-corrected chi connectivity index (χ2v) is 9.20. The number of quaternary nitrogens is 1. The van der Waals surface area contributed by atoms with E-state index < -0.39 is 4.92 Å². The Morgan fingerprint density at radius 1 is 1.20 bits per heavy atom. The smallest absolute Gasteiger partial charge is 0.269 e. The lowest BCUT2D eigenvalue weighted by Crippen LogP contribution is -3.10. The number of thiazole rings is 1. The quantitative estimate of drug-likeness (QED) is 0.334. The summed E-state index contributed by atoms with van der Waals surface area (Å²) in [5, 5.41) is 14.2. The predicted molar refractivity (Wildman–Crippen MR) is 118 cm³/mol. The van der Waals surface area contributed by atoms with Gasteiger partial charge in [-0.15, -0.1) is 11.8 Å². The Hall–Kier alpha value is -2.75. The minimum absolute atomic E-state index is 0.0422. The number of hydrogen-bond acceptors (Lipinski definition) is 6. The van der Waals surface area contributed by atoms with E-state index in [1.165, 1.54) is 39.2 Å². The van der Waals surface area contributed by atoms with E-state index in [1.54, 1.807) is 23.5 Å². The van der Waals surface area contributed by atoms with E-state index in [2.05, 4.69) is 34.6 Å². The molecule has 154 valence electrons. The molecule has 1 atom stereocenters. The number of nitrogens with zero attached hydrogens (tertiary/aromatic N) is 2. The van der Waals surface area contributed by atoms with Gasteiger partial charge in [0.05, 0.1) is 27.8 Å². The number of carbonyl (C=O) groups excluding carboxylic acids is 1. The Kier molecular flexibility index (Phi) is 6.41. The van der Waals surface area contributed by atoms with E-state index in [4.69, 9.17) is 0 Å². The fourth-order valence-electron chi connectivity index (χ4n) is 3.38. The average Bonchev–Trinajstić information content (AvgIpc) is 3.14. The maximum absolute atomic E-state index is 12.3. The van der Waals surface area contributed by atoms with Crippen LogP contribution in [-0.2, 0) is 24.3 Å². The number of anilines is 1. The van der Waals surface area contributed by atoms with E-state index in [-0.39, 0.29) is 17.3 Å². The number of carbonyl (C=O) groups is 1. The number of nitrogens with one attached hydrogen (secondary N) is 2. The summed E-state index contributed by atoms with van der Waals surface area (Å²) < 4.78 is 0. The third kappa shape index (κ3) is 5.24. The molecule has 0 spiro atoms. The molecule has 0 saturated carbocycles. The Morgan fingerprint density at radius 2 is 1.97 bits per heavy atom. The van der Waals surface area contributed by atoms with E-state index in [9.17, 15) is 14.9 Å². The number of nitro groups is 1. The first-order chi connectivity index (χ1) is 14.6. The molecule has 2 aromatic carbocycles. The highest BCUT2D eigenvalue weighted by Gasteiger charge is 2.24. The van der Waals surface area contributed by atoms with Crippen molar-refractivity contribution >= 4 is 39.8 Å². The van der Waals surface area contributed by atoms with Crippen LogP contribution in [0.2, 0.25) is 0 Å². The van der Waals surface area contributed by atoms with Gasteiger partial charge >= 0.3 is 0 Å². The van der Waals surface area contributed by atoms with Gasteiger partial charge in [0, 0.05) is 29.0 Å². The Balaban J connectivity index is 1.29. The zero-order valence-electron chi connectivity index (χ0n) is 16.2. The summed E-state index contributed by atoms with van der Waals surface area (Å²) >= 11 is 2.90. The summed E-state index contributed by atoms with van der Waals surface area (Å²) in [6.07, 6.45) is 0.918. The Bertz CT molecular complexity index is 1040. The fraction of sp³-hybridized carbons (Fsp3) is 0.238. The summed E-state index contributed by atoms with van der Waals surface area (Å²) in [5.41, 5.74) is 2.47. The van der Waals surface area contributed by atoms with Crippen LogP contribution in [0, 0.1) is 10.1 Å². The van der Waals surface area contributed by atoms with Gasteiger partial charge < -0.3 is 10.2 Å². The molecule has 30 heavy (non-hydrogen) atoms. The van der Waals surface area contributed by atoms with Crippen molar-refractivity contribution in [2.45, 2.75) is 24.4 Å². The largest absolute Gasteiger partial charge is 0.326 e. The van der Waals surface area contributed by atoms with Crippen LogP contribution in [0.15, 0.2) is 59.5 Å². The van der Waals surface area contributed by atoms with Crippen molar-refractivity contribution in [3.63, 3.8) is 0 Å². The van der Waals surface area contributed by atoms with Gasteiger partial charge in [-0.25, -0.2) is 4.98 Å². The highest BCUT2D eigenvalue weighted by atomic mass is 32.2. The van der Waals surface area contributed by atoms with Crippen molar-refractivity contribution in [1.82, 2.24) is 4.98 Å². The van der Waals surface area contributed by atoms with Crippen molar-refractivity contribution in [2.75, 3.05) is 17.6 Å². The van der Waals surface area contributed by atoms with E-state index >= 15 is 0 Å². The second-order valence-electron chi connectivity index (χ2n) is 7.07. The maximum atomic E-state index is 12.3. The fourth-order valence-corrected chi connectivity index (χ4v) is 5.18. The number of benzene rings is 2. The van der Waals surface area contributed by atoms with Gasteiger partial charge in [-0.1, -0.05) is 41.7 Å². The molecule has 1 aromatic heterocycles. The van der Waals surface area contributed by atoms with Gasteiger partial charge in [-0.3, -0.25) is 14.9 Å². The molecule has 1 unspecified atom stereocenters. The number of thioether (sulfide) groups is 1. The number of hydrogen-bond donors (Lipinski definition) is 2.